The largest absolute Gasteiger partial charge is 0.482 e. The number of nitrogens with zero attached hydrogens (tertiary/aromatic N) is 3. The van der Waals surface area contributed by atoms with Crippen molar-refractivity contribution in [1.29, 1.82) is 5.26 Å². The Morgan fingerprint density at radius 1 is 1.17 bits per heavy atom. The van der Waals surface area contributed by atoms with E-state index in [-0.39, 0.29) is 6.61 Å². The van der Waals surface area contributed by atoms with Crippen LogP contribution in [0, 0.1) is 11.3 Å². The topological polar surface area (TPSA) is 71.9 Å². The van der Waals surface area contributed by atoms with Gasteiger partial charge in [-0.15, -0.1) is 0 Å². The molecule has 3 aromatic rings. The predicted molar refractivity (Wildman–Crippen MR) is 85.2 cm³/mol. The van der Waals surface area contributed by atoms with Crippen LogP contribution in [0.1, 0.15) is 11.5 Å². The summed E-state index contributed by atoms with van der Waals surface area (Å²) < 4.78 is 10.7. The number of hydrogen-bond donors (Lipinski definition) is 0. The zero-order chi connectivity index (χ0) is 16.2. The molecule has 3 rings (SSSR count). The molecule has 5 nitrogen and oxygen atoms in total. The van der Waals surface area contributed by atoms with Gasteiger partial charge in [0.25, 0.3) is 5.89 Å². The van der Waals surface area contributed by atoms with Crippen LogP contribution in [-0.2, 0) is 6.61 Å². The van der Waals surface area contributed by atoms with Crippen LogP contribution in [0.25, 0.3) is 11.4 Å². The van der Waals surface area contributed by atoms with Gasteiger partial charge < -0.3 is 9.26 Å². The summed E-state index contributed by atoms with van der Waals surface area (Å²) >= 11 is 12.0. The van der Waals surface area contributed by atoms with Crippen molar-refractivity contribution in [2.75, 3.05) is 0 Å². The van der Waals surface area contributed by atoms with E-state index in [1.165, 1.54) is 6.07 Å². The Labute approximate surface area is 142 Å². The molecule has 0 bridgehead atoms. The van der Waals surface area contributed by atoms with Crippen LogP contribution >= 0.6 is 23.2 Å². The zero-order valence-electron chi connectivity index (χ0n) is 11.7. The number of benzene rings is 2. The van der Waals surface area contributed by atoms with E-state index >= 15 is 0 Å². The minimum Gasteiger partial charge on any atom is -0.482 e. The summed E-state index contributed by atoms with van der Waals surface area (Å²) in [6, 6.07) is 13.9. The molecular weight excluding hydrogens is 337 g/mol. The van der Waals surface area contributed by atoms with E-state index in [1.807, 2.05) is 12.1 Å². The van der Waals surface area contributed by atoms with Gasteiger partial charge in [-0.1, -0.05) is 40.5 Å². The number of hydrogen-bond acceptors (Lipinski definition) is 5. The van der Waals surface area contributed by atoms with E-state index in [2.05, 4.69) is 10.1 Å². The highest BCUT2D eigenvalue weighted by molar-refractivity contribution is 6.32. The molecule has 2 aromatic carbocycles. The van der Waals surface area contributed by atoms with Crippen LogP contribution in [0.2, 0.25) is 10.0 Å². The Balaban J connectivity index is 1.72. The van der Waals surface area contributed by atoms with E-state index < -0.39 is 0 Å². The minimum absolute atomic E-state index is 0.0686. The minimum atomic E-state index is 0.0686. The molecule has 0 atom stereocenters. The Bertz CT molecular complexity index is 887. The fraction of sp³-hybridized carbons (Fsp3) is 0.0625. The lowest BCUT2D eigenvalue weighted by Crippen LogP contribution is -1.96. The Kier molecular flexibility index (Phi) is 4.47. The summed E-state index contributed by atoms with van der Waals surface area (Å²) in [5, 5.41) is 13.6. The summed E-state index contributed by atoms with van der Waals surface area (Å²) in [4.78, 5) is 4.24. The third kappa shape index (κ3) is 3.62. The predicted octanol–water partition coefficient (Wildman–Crippen LogP) is 4.49. The van der Waals surface area contributed by atoms with Gasteiger partial charge in [0.15, 0.2) is 6.61 Å². The van der Waals surface area contributed by atoms with E-state index in [4.69, 9.17) is 37.7 Å². The lowest BCUT2D eigenvalue weighted by molar-refractivity contribution is 0.243. The molecule has 0 fully saturated rings. The average Bonchev–Trinajstić information content (AvgIpc) is 3.02. The van der Waals surface area contributed by atoms with Gasteiger partial charge in [-0.05, 0) is 30.3 Å². The number of ether oxygens (including phenoxy) is 1. The second-order valence-electron chi connectivity index (χ2n) is 4.57. The standard InChI is InChI=1S/C16H9Cl2N3O2/c17-12-3-1-2-11(7-12)16-20-15(23-21-16)9-22-14-5-4-10(8-19)6-13(14)18/h1-7H,9H2. The first-order valence-electron chi connectivity index (χ1n) is 6.56. The monoisotopic (exact) mass is 345 g/mol. The van der Waals surface area contributed by atoms with Crippen LogP contribution in [0.4, 0.5) is 0 Å². The molecule has 0 spiro atoms. The summed E-state index contributed by atoms with van der Waals surface area (Å²) in [6.45, 7) is 0.0686. The molecule has 0 aliphatic heterocycles. The van der Waals surface area contributed by atoms with Gasteiger partial charge in [0.05, 0.1) is 16.7 Å². The van der Waals surface area contributed by atoms with Crippen molar-refractivity contribution in [3.05, 3.63) is 64.0 Å². The summed E-state index contributed by atoms with van der Waals surface area (Å²) in [5.74, 6) is 1.17. The van der Waals surface area contributed by atoms with Crippen LogP contribution in [0.15, 0.2) is 47.0 Å². The van der Waals surface area contributed by atoms with Crippen molar-refractivity contribution in [1.82, 2.24) is 10.1 Å². The summed E-state index contributed by atoms with van der Waals surface area (Å²) in [6.07, 6.45) is 0. The molecule has 0 unspecified atom stereocenters. The Morgan fingerprint density at radius 3 is 2.78 bits per heavy atom. The van der Waals surface area contributed by atoms with Crippen molar-refractivity contribution in [2.45, 2.75) is 6.61 Å². The third-order valence-electron chi connectivity index (χ3n) is 2.96. The molecule has 0 saturated heterocycles. The zero-order valence-corrected chi connectivity index (χ0v) is 13.2. The van der Waals surface area contributed by atoms with Crippen molar-refractivity contribution in [2.24, 2.45) is 0 Å². The quantitative estimate of drug-likeness (QED) is 0.696. The smallest absolute Gasteiger partial charge is 0.264 e. The van der Waals surface area contributed by atoms with Gasteiger partial charge >= 0.3 is 0 Å². The molecule has 7 heteroatoms. The maximum absolute atomic E-state index is 8.80. The lowest BCUT2D eigenvalue weighted by Gasteiger charge is -2.05. The molecule has 0 aliphatic carbocycles. The lowest BCUT2D eigenvalue weighted by atomic mass is 10.2. The molecule has 23 heavy (non-hydrogen) atoms. The van der Waals surface area contributed by atoms with E-state index in [0.29, 0.717) is 33.1 Å². The Morgan fingerprint density at radius 2 is 2.04 bits per heavy atom. The van der Waals surface area contributed by atoms with Gasteiger partial charge in [0.1, 0.15) is 5.75 Å². The first-order valence-corrected chi connectivity index (χ1v) is 7.32. The highest BCUT2D eigenvalue weighted by Crippen LogP contribution is 2.26. The average molecular weight is 346 g/mol. The van der Waals surface area contributed by atoms with Crippen molar-refractivity contribution >= 4 is 23.2 Å². The summed E-state index contributed by atoms with van der Waals surface area (Å²) in [5.41, 5.74) is 1.22. The maximum Gasteiger partial charge on any atom is 0.264 e. The first kappa shape index (κ1) is 15.3. The first-order chi connectivity index (χ1) is 11.2. The third-order valence-corrected chi connectivity index (χ3v) is 3.49. The number of rotatable bonds is 4. The highest BCUT2D eigenvalue weighted by Gasteiger charge is 2.11. The van der Waals surface area contributed by atoms with Crippen LogP contribution < -0.4 is 4.74 Å². The number of halogens is 2. The number of nitriles is 1. The molecular formula is C16H9Cl2N3O2. The maximum atomic E-state index is 8.80. The normalized spacial score (nSPS) is 10.3. The molecule has 0 aliphatic rings. The molecule has 1 aromatic heterocycles. The second kappa shape index (κ2) is 6.69. The van der Waals surface area contributed by atoms with E-state index in [9.17, 15) is 0 Å². The molecule has 1 heterocycles. The van der Waals surface area contributed by atoms with Crippen LogP contribution in [-0.4, -0.2) is 10.1 Å². The highest BCUT2D eigenvalue weighted by atomic mass is 35.5. The van der Waals surface area contributed by atoms with Crippen LogP contribution in [0.3, 0.4) is 0 Å². The van der Waals surface area contributed by atoms with Crippen LogP contribution in [0.5, 0.6) is 5.75 Å². The van der Waals surface area contributed by atoms with E-state index in [0.717, 1.165) is 5.56 Å². The van der Waals surface area contributed by atoms with Crippen molar-refractivity contribution in [3.8, 4) is 23.2 Å². The van der Waals surface area contributed by atoms with E-state index in [1.54, 1.807) is 30.3 Å². The van der Waals surface area contributed by atoms with Gasteiger partial charge in [-0.3, -0.25) is 0 Å². The molecule has 0 amide bonds. The van der Waals surface area contributed by atoms with Crippen molar-refractivity contribution < 1.29 is 9.26 Å². The fourth-order valence-electron chi connectivity index (χ4n) is 1.89. The Hall–Kier alpha value is -2.55. The molecule has 0 saturated carbocycles. The molecule has 0 N–H and O–H groups in total. The molecule has 114 valence electrons. The van der Waals surface area contributed by atoms with Gasteiger partial charge in [0, 0.05) is 10.6 Å². The molecule has 0 radical (unpaired) electrons. The summed E-state index contributed by atoms with van der Waals surface area (Å²) in [7, 11) is 0. The number of aromatic nitrogens is 2. The van der Waals surface area contributed by atoms with Gasteiger partial charge in [-0.2, -0.15) is 10.2 Å². The van der Waals surface area contributed by atoms with Gasteiger partial charge in [-0.25, -0.2) is 0 Å². The fourth-order valence-corrected chi connectivity index (χ4v) is 2.31. The second-order valence-corrected chi connectivity index (χ2v) is 5.41. The van der Waals surface area contributed by atoms with Crippen molar-refractivity contribution in [3.63, 3.8) is 0 Å². The van der Waals surface area contributed by atoms with Gasteiger partial charge in [0.2, 0.25) is 5.82 Å². The SMILES string of the molecule is N#Cc1ccc(OCc2nc(-c3cccc(Cl)c3)no2)c(Cl)c1.